The Labute approximate surface area is 104 Å². The van der Waals surface area contributed by atoms with E-state index in [1.807, 2.05) is 6.20 Å². The molecule has 0 amide bonds. The van der Waals surface area contributed by atoms with Gasteiger partial charge in [0.2, 0.25) is 0 Å². The predicted octanol–water partition coefficient (Wildman–Crippen LogP) is 2.31. The summed E-state index contributed by atoms with van der Waals surface area (Å²) >= 11 is 0. The smallest absolute Gasteiger partial charge is 0.0400 e. The number of pyridine rings is 1. The van der Waals surface area contributed by atoms with Gasteiger partial charge >= 0.3 is 0 Å². The van der Waals surface area contributed by atoms with Gasteiger partial charge in [0.25, 0.3) is 0 Å². The van der Waals surface area contributed by atoms with Gasteiger partial charge in [-0.1, -0.05) is 0 Å². The predicted molar refractivity (Wildman–Crippen MR) is 72.5 cm³/mol. The summed E-state index contributed by atoms with van der Waals surface area (Å²) in [5, 5.41) is 0. The molecular weight excluding hydrogens is 210 g/mol. The zero-order valence-corrected chi connectivity index (χ0v) is 11.2. The Balaban J connectivity index is 2.04. The Hall–Kier alpha value is -1.09. The third kappa shape index (κ3) is 3.19. The molecule has 1 aliphatic heterocycles. The van der Waals surface area contributed by atoms with Crippen LogP contribution in [-0.2, 0) is 0 Å². The maximum absolute atomic E-state index is 4.26. The molecule has 3 nitrogen and oxygen atoms in total. The van der Waals surface area contributed by atoms with E-state index < -0.39 is 0 Å². The number of aryl methyl sites for hydroxylation is 1. The topological polar surface area (TPSA) is 19.4 Å². The lowest BCUT2D eigenvalue weighted by Crippen LogP contribution is -2.35. The first kappa shape index (κ1) is 12.4. The normalized spacial score (nSPS) is 18.5. The van der Waals surface area contributed by atoms with Crippen LogP contribution in [0.25, 0.3) is 0 Å². The zero-order chi connectivity index (χ0) is 12.3. The van der Waals surface area contributed by atoms with Crippen molar-refractivity contribution in [3.63, 3.8) is 0 Å². The van der Waals surface area contributed by atoms with Crippen molar-refractivity contribution >= 4 is 5.69 Å². The molecule has 0 aromatic carbocycles. The fourth-order valence-electron chi connectivity index (χ4n) is 2.44. The van der Waals surface area contributed by atoms with E-state index in [9.17, 15) is 0 Å². The summed E-state index contributed by atoms with van der Waals surface area (Å²) in [6.45, 7) is 11.3. The minimum atomic E-state index is 0.661. The Kier molecular flexibility index (Phi) is 4.00. The lowest BCUT2D eigenvalue weighted by molar-refractivity contribution is 0.238. The first-order valence-corrected chi connectivity index (χ1v) is 6.58. The summed E-state index contributed by atoms with van der Waals surface area (Å²) in [4.78, 5) is 9.31. The molecule has 0 aliphatic carbocycles. The molecule has 17 heavy (non-hydrogen) atoms. The number of hydrogen-bond donors (Lipinski definition) is 0. The van der Waals surface area contributed by atoms with Gasteiger partial charge in [-0.3, -0.25) is 9.88 Å². The van der Waals surface area contributed by atoms with Crippen LogP contribution in [-0.4, -0.2) is 42.1 Å². The first-order valence-electron chi connectivity index (χ1n) is 6.58. The molecule has 2 heterocycles. The van der Waals surface area contributed by atoms with Crippen molar-refractivity contribution in [1.29, 1.82) is 0 Å². The van der Waals surface area contributed by atoms with Gasteiger partial charge in [-0.2, -0.15) is 0 Å². The number of rotatable bonds is 2. The Morgan fingerprint density at radius 3 is 2.71 bits per heavy atom. The number of nitrogens with zero attached hydrogens (tertiary/aromatic N) is 3. The third-order valence-corrected chi connectivity index (χ3v) is 3.51. The summed E-state index contributed by atoms with van der Waals surface area (Å²) in [6, 6.07) is 4.97. The Morgan fingerprint density at radius 2 is 2.00 bits per heavy atom. The largest absolute Gasteiger partial charge is 0.370 e. The van der Waals surface area contributed by atoms with E-state index in [1.165, 1.54) is 25.2 Å². The molecule has 2 rings (SSSR count). The van der Waals surface area contributed by atoms with E-state index in [1.54, 1.807) is 0 Å². The molecule has 0 N–H and O–H groups in total. The van der Waals surface area contributed by atoms with Crippen LogP contribution in [0.1, 0.15) is 26.0 Å². The lowest BCUT2D eigenvalue weighted by Gasteiger charge is -2.25. The molecule has 0 bridgehead atoms. The molecule has 1 aromatic heterocycles. The number of hydrogen-bond acceptors (Lipinski definition) is 3. The summed E-state index contributed by atoms with van der Waals surface area (Å²) in [7, 11) is 0. The average molecular weight is 233 g/mol. The van der Waals surface area contributed by atoms with E-state index in [0.29, 0.717) is 6.04 Å². The van der Waals surface area contributed by atoms with Crippen LogP contribution in [0.4, 0.5) is 5.69 Å². The molecule has 0 saturated carbocycles. The van der Waals surface area contributed by atoms with Gasteiger partial charge in [0, 0.05) is 49.8 Å². The highest BCUT2D eigenvalue weighted by Gasteiger charge is 2.16. The van der Waals surface area contributed by atoms with Gasteiger partial charge in [-0.25, -0.2) is 0 Å². The fraction of sp³-hybridized carbons (Fsp3) is 0.643. The van der Waals surface area contributed by atoms with E-state index in [0.717, 1.165) is 18.8 Å². The summed E-state index contributed by atoms with van der Waals surface area (Å²) in [6.07, 6.45) is 3.16. The molecular formula is C14H23N3. The molecule has 1 aromatic rings. The molecule has 0 radical (unpaired) electrons. The van der Waals surface area contributed by atoms with Crippen molar-refractivity contribution < 1.29 is 0 Å². The molecule has 94 valence electrons. The van der Waals surface area contributed by atoms with E-state index in [2.05, 4.69) is 47.7 Å². The van der Waals surface area contributed by atoms with E-state index in [4.69, 9.17) is 0 Å². The first-order chi connectivity index (χ1) is 8.16. The lowest BCUT2D eigenvalue weighted by atomic mass is 10.3. The van der Waals surface area contributed by atoms with Gasteiger partial charge in [-0.05, 0) is 39.3 Å². The van der Waals surface area contributed by atoms with Crippen molar-refractivity contribution in [3.05, 3.63) is 24.0 Å². The molecule has 1 aliphatic rings. The fourth-order valence-corrected chi connectivity index (χ4v) is 2.44. The second kappa shape index (κ2) is 5.50. The molecule has 0 spiro atoms. The van der Waals surface area contributed by atoms with Crippen LogP contribution in [0.3, 0.4) is 0 Å². The van der Waals surface area contributed by atoms with Gasteiger partial charge in [0.05, 0.1) is 0 Å². The highest BCUT2D eigenvalue weighted by molar-refractivity contribution is 5.46. The van der Waals surface area contributed by atoms with E-state index >= 15 is 0 Å². The molecule has 0 unspecified atom stereocenters. The van der Waals surface area contributed by atoms with Gasteiger partial charge in [-0.15, -0.1) is 0 Å². The third-order valence-electron chi connectivity index (χ3n) is 3.51. The summed E-state index contributed by atoms with van der Waals surface area (Å²) in [5.41, 5.74) is 2.43. The maximum atomic E-state index is 4.26. The van der Waals surface area contributed by atoms with Crippen molar-refractivity contribution in [2.24, 2.45) is 0 Å². The van der Waals surface area contributed by atoms with Gasteiger partial charge in [0.1, 0.15) is 0 Å². The summed E-state index contributed by atoms with van der Waals surface area (Å²) < 4.78 is 0. The van der Waals surface area contributed by atoms with Crippen LogP contribution < -0.4 is 4.90 Å². The minimum Gasteiger partial charge on any atom is -0.370 e. The highest BCUT2D eigenvalue weighted by Crippen LogP contribution is 2.17. The van der Waals surface area contributed by atoms with Crippen LogP contribution in [0, 0.1) is 6.92 Å². The second-order valence-corrected chi connectivity index (χ2v) is 5.13. The minimum absolute atomic E-state index is 0.661. The average Bonchev–Trinajstić information content (AvgIpc) is 2.54. The zero-order valence-electron chi connectivity index (χ0n) is 11.2. The van der Waals surface area contributed by atoms with Crippen molar-refractivity contribution in [2.75, 3.05) is 31.1 Å². The number of aromatic nitrogens is 1. The highest BCUT2D eigenvalue weighted by atomic mass is 15.2. The maximum Gasteiger partial charge on any atom is 0.0400 e. The van der Waals surface area contributed by atoms with Gasteiger partial charge < -0.3 is 4.90 Å². The van der Waals surface area contributed by atoms with Crippen molar-refractivity contribution in [2.45, 2.75) is 33.2 Å². The second-order valence-electron chi connectivity index (χ2n) is 5.13. The standard InChI is InChI=1S/C14H23N3/c1-12(2)16-7-4-8-17(10-9-16)14-5-6-15-13(3)11-14/h5-6,11-12H,4,7-10H2,1-3H3. The van der Waals surface area contributed by atoms with Crippen LogP contribution in [0.2, 0.25) is 0 Å². The van der Waals surface area contributed by atoms with Gasteiger partial charge in [0.15, 0.2) is 0 Å². The number of anilines is 1. The Morgan fingerprint density at radius 1 is 1.18 bits per heavy atom. The van der Waals surface area contributed by atoms with Crippen LogP contribution in [0.15, 0.2) is 18.3 Å². The monoisotopic (exact) mass is 233 g/mol. The van der Waals surface area contributed by atoms with Crippen molar-refractivity contribution in [1.82, 2.24) is 9.88 Å². The van der Waals surface area contributed by atoms with Crippen molar-refractivity contribution in [3.8, 4) is 0 Å². The Bertz CT molecular complexity index is 362. The van der Waals surface area contributed by atoms with Crippen LogP contribution in [0.5, 0.6) is 0 Å². The molecule has 1 saturated heterocycles. The SMILES string of the molecule is Cc1cc(N2CCCN(C(C)C)CC2)ccn1. The van der Waals surface area contributed by atoms with E-state index in [-0.39, 0.29) is 0 Å². The van der Waals surface area contributed by atoms with Crippen LogP contribution >= 0.6 is 0 Å². The summed E-state index contributed by atoms with van der Waals surface area (Å²) in [5.74, 6) is 0. The quantitative estimate of drug-likeness (QED) is 0.781. The molecule has 3 heteroatoms. The molecule has 1 fully saturated rings. The molecule has 0 atom stereocenters.